The van der Waals surface area contributed by atoms with Crippen molar-refractivity contribution >= 4 is 15.9 Å². The molecule has 2 heteroatoms. The fraction of sp³-hybridized carbons (Fsp3) is 1.00. The largest absolute Gasteiger partial charge is 0.381 e. The summed E-state index contributed by atoms with van der Waals surface area (Å²) in [5.74, 6) is 0. The molecule has 0 unspecified atom stereocenters. The SMILES string of the molecule is CCCBr.CCCOCCC. The van der Waals surface area contributed by atoms with Crippen molar-refractivity contribution in [2.45, 2.75) is 40.0 Å². The van der Waals surface area contributed by atoms with Crippen molar-refractivity contribution in [1.29, 1.82) is 0 Å². The van der Waals surface area contributed by atoms with Crippen LogP contribution in [-0.2, 0) is 4.74 Å². The summed E-state index contributed by atoms with van der Waals surface area (Å²) in [6.07, 6.45) is 3.51. The van der Waals surface area contributed by atoms with E-state index in [9.17, 15) is 0 Å². The van der Waals surface area contributed by atoms with Crippen LogP contribution < -0.4 is 0 Å². The number of alkyl halides is 1. The second kappa shape index (κ2) is 16.8. The maximum atomic E-state index is 5.13. The summed E-state index contributed by atoms with van der Waals surface area (Å²) in [7, 11) is 0. The molecule has 0 spiro atoms. The van der Waals surface area contributed by atoms with Crippen LogP contribution >= 0.6 is 15.9 Å². The summed E-state index contributed by atoms with van der Waals surface area (Å²) in [6.45, 7) is 8.22. The molecule has 0 aliphatic rings. The lowest BCUT2D eigenvalue weighted by molar-refractivity contribution is 0.135. The van der Waals surface area contributed by atoms with Crippen molar-refractivity contribution in [2.75, 3.05) is 18.5 Å². The molecule has 0 amide bonds. The van der Waals surface area contributed by atoms with E-state index in [4.69, 9.17) is 4.74 Å². The highest BCUT2D eigenvalue weighted by Gasteiger charge is 1.77. The van der Waals surface area contributed by atoms with Gasteiger partial charge in [0, 0.05) is 18.5 Å². The summed E-state index contributed by atoms with van der Waals surface area (Å²) < 4.78 is 5.13. The highest BCUT2D eigenvalue weighted by atomic mass is 79.9. The fourth-order valence-electron chi connectivity index (χ4n) is 0.391. The highest BCUT2D eigenvalue weighted by molar-refractivity contribution is 9.09. The molecule has 0 aliphatic heterocycles. The smallest absolute Gasteiger partial charge is 0.0463 e. The van der Waals surface area contributed by atoms with E-state index >= 15 is 0 Å². The zero-order valence-corrected chi connectivity index (χ0v) is 9.61. The molecule has 0 radical (unpaired) electrons. The zero-order chi connectivity index (χ0) is 8.95. The Morgan fingerprint density at radius 3 is 1.45 bits per heavy atom. The third-order valence-electron chi connectivity index (χ3n) is 0.886. The average molecular weight is 225 g/mol. The van der Waals surface area contributed by atoms with Gasteiger partial charge in [-0.3, -0.25) is 0 Å². The van der Waals surface area contributed by atoms with E-state index in [1.165, 1.54) is 6.42 Å². The summed E-state index contributed by atoms with van der Waals surface area (Å²) in [4.78, 5) is 0. The third-order valence-corrected chi connectivity index (χ3v) is 1.68. The van der Waals surface area contributed by atoms with Gasteiger partial charge >= 0.3 is 0 Å². The second-order valence-corrected chi connectivity index (χ2v) is 3.09. The molecule has 1 nitrogen and oxygen atoms in total. The van der Waals surface area contributed by atoms with Crippen molar-refractivity contribution in [3.63, 3.8) is 0 Å². The van der Waals surface area contributed by atoms with E-state index in [0.29, 0.717) is 0 Å². The fourth-order valence-corrected chi connectivity index (χ4v) is 0.391. The van der Waals surface area contributed by atoms with Crippen molar-refractivity contribution in [3.8, 4) is 0 Å². The van der Waals surface area contributed by atoms with E-state index in [-0.39, 0.29) is 0 Å². The Hall–Kier alpha value is 0.440. The van der Waals surface area contributed by atoms with E-state index in [1.807, 2.05) is 0 Å². The van der Waals surface area contributed by atoms with Gasteiger partial charge in [0.1, 0.15) is 0 Å². The monoisotopic (exact) mass is 224 g/mol. The van der Waals surface area contributed by atoms with Gasteiger partial charge in [0.05, 0.1) is 0 Å². The standard InChI is InChI=1S/C6H14O.C3H7Br/c1-3-5-7-6-4-2;1-2-3-4/h3-6H2,1-2H3;2-3H2,1H3. The van der Waals surface area contributed by atoms with Crippen LogP contribution in [0.2, 0.25) is 0 Å². The number of halogens is 1. The van der Waals surface area contributed by atoms with Crippen LogP contribution in [0, 0.1) is 0 Å². The van der Waals surface area contributed by atoms with Crippen LogP contribution in [0.15, 0.2) is 0 Å². The van der Waals surface area contributed by atoms with Crippen LogP contribution in [0.3, 0.4) is 0 Å². The lowest BCUT2D eigenvalue weighted by Gasteiger charge is -1.95. The first-order valence-corrected chi connectivity index (χ1v) is 5.59. The molecule has 11 heavy (non-hydrogen) atoms. The Bertz CT molecular complexity index is 42.8. The zero-order valence-electron chi connectivity index (χ0n) is 8.03. The van der Waals surface area contributed by atoms with Gasteiger partial charge in [-0.1, -0.05) is 36.7 Å². The van der Waals surface area contributed by atoms with Gasteiger partial charge in [0.15, 0.2) is 0 Å². The number of rotatable bonds is 5. The molecule has 0 saturated carbocycles. The summed E-state index contributed by atoms with van der Waals surface area (Å²) in [6, 6.07) is 0. The Morgan fingerprint density at radius 1 is 0.909 bits per heavy atom. The van der Waals surface area contributed by atoms with Gasteiger partial charge in [-0.25, -0.2) is 0 Å². The maximum Gasteiger partial charge on any atom is 0.0463 e. The van der Waals surface area contributed by atoms with Crippen LogP contribution in [0.25, 0.3) is 0 Å². The minimum Gasteiger partial charge on any atom is -0.381 e. The number of hydrogen-bond acceptors (Lipinski definition) is 1. The van der Waals surface area contributed by atoms with Gasteiger partial charge in [-0.2, -0.15) is 0 Å². The first-order valence-electron chi connectivity index (χ1n) is 4.47. The normalized spacial score (nSPS) is 8.73. The van der Waals surface area contributed by atoms with Gasteiger partial charge < -0.3 is 4.74 Å². The Labute approximate surface area is 79.6 Å². The molecule has 0 aromatic carbocycles. The maximum absolute atomic E-state index is 5.13. The van der Waals surface area contributed by atoms with Gasteiger partial charge in [-0.15, -0.1) is 0 Å². The van der Waals surface area contributed by atoms with Crippen molar-refractivity contribution < 1.29 is 4.74 Å². The molecule has 0 rings (SSSR count). The number of hydrogen-bond donors (Lipinski definition) is 0. The molecular formula is C9H21BrO. The minimum atomic E-state index is 0.924. The van der Waals surface area contributed by atoms with E-state index in [0.717, 1.165) is 31.4 Å². The molecule has 0 aromatic heterocycles. The summed E-state index contributed by atoms with van der Waals surface area (Å²) in [5.41, 5.74) is 0. The topological polar surface area (TPSA) is 9.23 Å². The van der Waals surface area contributed by atoms with Crippen LogP contribution in [0.1, 0.15) is 40.0 Å². The molecule has 0 bridgehead atoms. The lowest BCUT2D eigenvalue weighted by atomic mass is 10.5. The van der Waals surface area contributed by atoms with E-state index in [1.54, 1.807) is 0 Å². The van der Waals surface area contributed by atoms with Crippen molar-refractivity contribution in [3.05, 3.63) is 0 Å². The highest BCUT2D eigenvalue weighted by Crippen LogP contribution is 1.81. The molecule has 0 aromatic rings. The van der Waals surface area contributed by atoms with Crippen molar-refractivity contribution in [2.24, 2.45) is 0 Å². The first-order chi connectivity index (χ1) is 5.33. The Balaban J connectivity index is 0. The molecule has 70 valence electrons. The van der Waals surface area contributed by atoms with E-state index < -0.39 is 0 Å². The predicted molar refractivity (Wildman–Crippen MR) is 55.5 cm³/mol. The van der Waals surface area contributed by atoms with Gasteiger partial charge in [-0.05, 0) is 19.3 Å². The van der Waals surface area contributed by atoms with Crippen LogP contribution in [-0.4, -0.2) is 18.5 Å². The molecule has 0 aliphatic carbocycles. The molecular weight excluding hydrogens is 204 g/mol. The van der Waals surface area contributed by atoms with Gasteiger partial charge in [0.2, 0.25) is 0 Å². The summed E-state index contributed by atoms with van der Waals surface area (Å²) in [5, 5.41) is 1.13. The number of ether oxygens (including phenoxy) is 1. The lowest BCUT2D eigenvalue weighted by Crippen LogP contribution is -1.92. The average Bonchev–Trinajstić information content (AvgIpc) is 2.06. The summed E-state index contributed by atoms with van der Waals surface area (Å²) >= 11 is 3.25. The van der Waals surface area contributed by atoms with Crippen molar-refractivity contribution in [1.82, 2.24) is 0 Å². The minimum absolute atomic E-state index is 0.924. The van der Waals surface area contributed by atoms with Crippen LogP contribution in [0.5, 0.6) is 0 Å². The first kappa shape index (κ1) is 14.0. The van der Waals surface area contributed by atoms with Gasteiger partial charge in [0.25, 0.3) is 0 Å². The molecule has 0 N–H and O–H groups in total. The molecule has 0 atom stereocenters. The quantitative estimate of drug-likeness (QED) is 0.513. The Kier molecular flexibility index (Phi) is 21.4. The molecule has 0 heterocycles. The van der Waals surface area contributed by atoms with E-state index in [2.05, 4.69) is 36.7 Å². The molecule has 0 saturated heterocycles. The second-order valence-electron chi connectivity index (χ2n) is 2.30. The van der Waals surface area contributed by atoms with Crippen LogP contribution in [0.4, 0.5) is 0 Å². The Morgan fingerprint density at radius 2 is 1.27 bits per heavy atom. The predicted octanol–water partition coefficient (Wildman–Crippen LogP) is 3.61. The molecule has 0 fully saturated rings. The third kappa shape index (κ3) is 25.1.